The maximum Gasteiger partial charge on any atom is 0.241 e. The van der Waals surface area contributed by atoms with Gasteiger partial charge >= 0.3 is 0 Å². The van der Waals surface area contributed by atoms with Crippen molar-refractivity contribution in [3.05, 3.63) is 63.9 Å². The summed E-state index contributed by atoms with van der Waals surface area (Å²) in [5.41, 5.74) is 1.28. The van der Waals surface area contributed by atoms with Crippen LogP contribution >= 0.6 is 23.2 Å². The molecule has 0 aromatic heterocycles. The zero-order chi connectivity index (χ0) is 17.5. The minimum atomic E-state index is -1.63. The van der Waals surface area contributed by atoms with Gasteiger partial charge in [0.15, 0.2) is 0 Å². The van der Waals surface area contributed by atoms with Gasteiger partial charge in [-0.2, -0.15) is 15.3 Å². The van der Waals surface area contributed by atoms with Crippen molar-refractivity contribution >= 4 is 34.6 Å². The maximum atomic E-state index is 12.7. The lowest BCUT2D eigenvalue weighted by molar-refractivity contribution is -0.356. The third kappa shape index (κ3) is 2.27. The average molecular weight is 358 g/mol. The van der Waals surface area contributed by atoms with Crippen LogP contribution in [0.5, 0.6) is 5.75 Å². The van der Waals surface area contributed by atoms with E-state index >= 15 is 0 Å². The second-order valence-corrected chi connectivity index (χ2v) is 6.41. The Bertz CT molecular complexity index is 952. The lowest BCUT2D eigenvalue weighted by Gasteiger charge is -2.13. The minimum absolute atomic E-state index is 0.0946. The van der Waals surface area contributed by atoms with E-state index in [1.807, 2.05) is 12.1 Å². The van der Waals surface area contributed by atoms with Gasteiger partial charge in [0.25, 0.3) is 0 Å². The Hall–Kier alpha value is -2.73. The van der Waals surface area contributed by atoms with Gasteiger partial charge in [0.1, 0.15) is 17.9 Å². The van der Waals surface area contributed by atoms with E-state index in [1.54, 1.807) is 24.3 Å². The van der Waals surface area contributed by atoms with Crippen LogP contribution in [-0.4, -0.2) is 17.6 Å². The highest BCUT2D eigenvalue weighted by molar-refractivity contribution is 6.60. The van der Waals surface area contributed by atoms with Crippen molar-refractivity contribution in [1.29, 1.82) is 10.5 Å². The number of methoxy groups -OCH3 is 1. The van der Waals surface area contributed by atoms with Gasteiger partial charge in [-0.15, -0.1) is 0 Å². The molecule has 118 valence electrons. The van der Waals surface area contributed by atoms with Gasteiger partial charge < -0.3 is 9.94 Å². The summed E-state index contributed by atoms with van der Waals surface area (Å²) in [6.45, 7) is 0. The normalized spacial score (nSPS) is 14.7. The van der Waals surface area contributed by atoms with Crippen molar-refractivity contribution in [1.82, 2.24) is 0 Å². The van der Waals surface area contributed by atoms with Gasteiger partial charge in [0, 0.05) is 11.6 Å². The third-order valence-corrected chi connectivity index (χ3v) is 4.56. The van der Waals surface area contributed by atoms with E-state index < -0.39 is 4.33 Å². The van der Waals surface area contributed by atoms with E-state index in [0.717, 1.165) is 0 Å². The molecule has 0 saturated heterocycles. The third-order valence-electron chi connectivity index (χ3n) is 3.80. The molecule has 1 heterocycles. The lowest BCUT2D eigenvalue weighted by Crippen LogP contribution is -2.24. The molecular weight excluding hydrogens is 349 g/mol. The summed E-state index contributed by atoms with van der Waals surface area (Å²) < 4.78 is 4.06. The number of fused-ring (bicyclic) bond motifs is 1. The molecule has 3 rings (SSSR count). The Kier molecular flexibility index (Phi) is 3.85. The highest BCUT2D eigenvalue weighted by Gasteiger charge is 2.50. The molecular formula is C17H9Cl2N3O2. The zero-order valence-electron chi connectivity index (χ0n) is 12.4. The first-order valence-electron chi connectivity index (χ1n) is 6.79. The molecule has 0 radical (unpaired) electrons. The number of rotatable bonds is 2. The van der Waals surface area contributed by atoms with Crippen molar-refractivity contribution in [3.63, 3.8) is 0 Å². The first kappa shape index (κ1) is 16.1. The molecule has 0 unspecified atom stereocenters. The maximum absolute atomic E-state index is 12.7. The molecule has 0 N–H and O–H groups in total. The van der Waals surface area contributed by atoms with Gasteiger partial charge in [0.2, 0.25) is 15.7 Å². The van der Waals surface area contributed by atoms with Crippen LogP contribution in [0.2, 0.25) is 0 Å². The summed E-state index contributed by atoms with van der Waals surface area (Å²) >= 11 is 12.9. The molecule has 2 aromatic rings. The summed E-state index contributed by atoms with van der Waals surface area (Å²) in [4.78, 5) is 0. The Morgan fingerprint density at radius 1 is 1.08 bits per heavy atom. The summed E-state index contributed by atoms with van der Waals surface area (Å²) in [6, 6.07) is 13.2. The van der Waals surface area contributed by atoms with E-state index in [9.17, 15) is 5.21 Å². The molecule has 0 atom stereocenters. The van der Waals surface area contributed by atoms with Gasteiger partial charge in [0.05, 0.1) is 23.8 Å². The van der Waals surface area contributed by atoms with Crippen LogP contribution in [-0.2, 0) is 4.33 Å². The predicted octanol–water partition coefficient (Wildman–Crippen LogP) is 3.71. The number of nitrogens with zero attached hydrogens (tertiary/aromatic N) is 3. The fraction of sp³-hybridized carbons (Fsp3) is 0.118. The summed E-state index contributed by atoms with van der Waals surface area (Å²) in [6.07, 6.45) is 0. The van der Waals surface area contributed by atoms with E-state index in [2.05, 4.69) is 0 Å². The molecule has 5 nitrogen and oxygen atoms in total. The first-order chi connectivity index (χ1) is 11.4. The molecule has 0 fully saturated rings. The quantitative estimate of drug-likeness (QED) is 0.465. The monoisotopic (exact) mass is 357 g/mol. The molecule has 0 saturated carbocycles. The minimum Gasteiger partial charge on any atom is -0.618 e. The first-order valence-corrected chi connectivity index (χ1v) is 7.55. The molecule has 7 heteroatoms. The zero-order valence-corrected chi connectivity index (χ0v) is 13.9. The number of halogens is 2. The molecule has 0 bridgehead atoms. The molecule has 1 aliphatic heterocycles. The van der Waals surface area contributed by atoms with Crippen LogP contribution in [0.15, 0.2) is 36.4 Å². The predicted molar refractivity (Wildman–Crippen MR) is 89.6 cm³/mol. The Balaban J connectivity index is 2.23. The van der Waals surface area contributed by atoms with E-state index in [0.29, 0.717) is 16.1 Å². The summed E-state index contributed by atoms with van der Waals surface area (Å²) in [5.74, 6) is 0.626. The number of benzene rings is 2. The van der Waals surface area contributed by atoms with E-state index in [-0.39, 0.29) is 28.1 Å². The largest absolute Gasteiger partial charge is 0.618 e. The molecule has 0 spiro atoms. The number of hydrogen-bond donors (Lipinski definition) is 0. The Labute approximate surface area is 148 Å². The molecule has 2 aromatic carbocycles. The highest BCUT2D eigenvalue weighted by atomic mass is 35.5. The van der Waals surface area contributed by atoms with Crippen LogP contribution in [0.4, 0.5) is 5.69 Å². The number of alkyl halides is 2. The SMILES string of the molecule is COc1ccc(C2=[N+]([O-])c3cc(C#N)c(C#N)cc3C2(Cl)Cl)cc1. The average Bonchev–Trinajstić information content (AvgIpc) is 2.79. The molecule has 0 aliphatic carbocycles. The molecule has 24 heavy (non-hydrogen) atoms. The van der Waals surface area contributed by atoms with Gasteiger partial charge in [-0.3, -0.25) is 0 Å². The standard InChI is InChI=1S/C17H9Cl2N3O2/c1-24-13-4-2-10(3-5-13)16-17(18,19)14-6-11(8-20)12(9-21)7-15(14)22(16)23/h2-7H,1H3. The second kappa shape index (κ2) is 5.72. The van der Waals surface area contributed by atoms with Crippen LogP contribution in [0.25, 0.3) is 0 Å². The number of nitriles is 2. The van der Waals surface area contributed by atoms with E-state index in [4.69, 9.17) is 38.5 Å². The van der Waals surface area contributed by atoms with Crippen molar-refractivity contribution in [2.24, 2.45) is 0 Å². The van der Waals surface area contributed by atoms with Gasteiger partial charge in [-0.25, -0.2) is 0 Å². The topological polar surface area (TPSA) is 82.9 Å². The summed E-state index contributed by atoms with van der Waals surface area (Å²) in [5, 5.41) is 31.0. The fourth-order valence-corrected chi connectivity index (χ4v) is 3.29. The lowest BCUT2D eigenvalue weighted by atomic mass is 9.99. The molecule has 0 amide bonds. The smallest absolute Gasteiger partial charge is 0.241 e. The van der Waals surface area contributed by atoms with Gasteiger partial charge in [-0.1, -0.05) is 23.2 Å². The Morgan fingerprint density at radius 3 is 2.21 bits per heavy atom. The second-order valence-electron chi connectivity index (χ2n) is 5.08. The van der Waals surface area contributed by atoms with Crippen LogP contribution in [0, 0.1) is 27.9 Å². The van der Waals surface area contributed by atoms with Crippen molar-refractivity contribution in [3.8, 4) is 17.9 Å². The molecule has 1 aliphatic rings. The number of ether oxygens (including phenoxy) is 1. The Morgan fingerprint density at radius 2 is 1.67 bits per heavy atom. The summed E-state index contributed by atoms with van der Waals surface area (Å²) in [7, 11) is 1.54. The van der Waals surface area contributed by atoms with Crippen LogP contribution < -0.4 is 4.74 Å². The van der Waals surface area contributed by atoms with Gasteiger partial charge in [-0.05, 0) is 30.3 Å². The van der Waals surface area contributed by atoms with Crippen LogP contribution in [0.1, 0.15) is 22.3 Å². The van der Waals surface area contributed by atoms with Crippen molar-refractivity contribution < 1.29 is 9.48 Å². The highest BCUT2D eigenvalue weighted by Crippen LogP contribution is 2.48. The fourth-order valence-electron chi connectivity index (χ4n) is 2.62. The van der Waals surface area contributed by atoms with E-state index in [1.165, 1.54) is 19.2 Å². The number of hydrogen-bond acceptors (Lipinski definition) is 4. The van der Waals surface area contributed by atoms with Crippen molar-refractivity contribution in [2.75, 3.05) is 7.11 Å². The van der Waals surface area contributed by atoms with Crippen molar-refractivity contribution in [2.45, 2.75) is 4.33 Å². The van der Waals surface area contributed by atoms with Crippen LogP contribution in [0.3, 0.4) is 0 Å².